The van der Waals surface area contributed by atoms with Crippen molar-refractivity contribution in [3.05, 3.63) is 0 Å². The van der Waals surface area contributed by atoms with Gasteiger partial charge in [-0.15, -0.1) is 0 Å². The smallest absolute Gasteiger partial charge is 0.340 e. The van der Waals surface area contributed by atoms with Crippen molar-refractivity contribution in [3.63, 3.8) is 0 Å². The first-order valence-electron chi connectivity index (χ1n) is 11.6. The molecule has 0 aromatic carbocycles. The number of hydrogen-bond acceptors (Lipinski definition) is 4. The molecule has 0 radical (unpaired) electrons. The molecule has 0 aliphatic rings. The molecule has 0 spiro atoms. The summed E-state index contributed by atoms with van der Waals surface area (Å²) >= 11 is 0. The minimum atomic E-state index is -2.33. The van der Waals surface area contributed by atoms with Crippen LogP contribution in [0.2, 0.25) is 17.8 Å². The van der Waals surface area contributed by atoms with E-state index < -0.39 is 17.1 Å². The summed E-state index contributed by atoms with van der Waals surface area (Å²) < 4.78 is 26.3. The van der Waals surface area contributed by atoms with Gasteiger partial charge in [0, 0.05) is 32.1 Å². The molecule has 0 amide bonds. The van der Waals surface area contributed by atoms with E-state index in [9.17, 15) is 0 Å². The van der Waals surface area contributed by atoms with Gasteiger partial charge in [0.1, 0.15) is 0 Å². The largest absolute Gasteiger partial charge is 0.394 e. The predicted molar refractivity (Wildman–Crippen MR) is 121 cm³/mol. The Morgan fingerprint density at radius 1 is 0.444 bits per heavy atom. The molecule has 6 heteroatoms. The molecule has 0 rings (SSSR count). The Balaban J connectivity index is 5.66. The first kappa shape index (κ1) is 27.3. The maximum atomic E-state index is 6.57. The lowest BCUT2D eigenvalue weighted by Gasteiger charge is -2.39. The molecule has 0 saturated heterocycles. The average Bonchev–Trinajstić information content (AvgIpc) is 2.70. The standard InChI is InChI=1S/C21H48O4Si2/c1-7-13-19-26(22-15-9-3,23-16-10-4)21-27(20-14-8-2,24-17-11-5)25-18-12-6/h7-21H2,1-6H3. The monoisotopic (exact) mass is 420 g/mol. The van der Waals surface area contributed by atoms with Crippen LogP contribution in [-0.4, -0.2) is 43.5 Å². The highest BCUT2D eigenvalue weighted by Gasteiger charge is 2.50. The summed E-state index contributed by atoms with van der Waals surface area (Å²) in [6.45, 7) is 16.4. The minimum Gasteiger partial charge on any atom is -0.394 e. The summed E-state index contributed by atoms with van der Waals surface area (Å²) in [6, 6.07) is 2.13. The van der Waals surface area contributed by atoms with E-state index in [-0.39, 0.29) is 0 Å². The molecule has 0 aliphatic carbocycles. The highest BCUT2D eigenvalue weighted by Crippen LogP contribution is 2.33. The molecule has 0 saturated carbocycles. The van der Waals surface area contributed by atoms with Gasteiger partial charge in [0.25, 0.3) is 0 Å². The van der Waals surface area contributed by atoms with Crippen molar-refractivity contribution < 1.29 is 17.7 Å². The van der Waals surface area contributed by atoms with Gasteiger partial charge in [0.2, 0.25) is 0 Å². The fourth-order valence-corrected chi connectivity index (χ4v) is 14.4. The van der Waals surface area contributed by atoms with Gasteiger partial charge in [-0.05, 0) is 37.8 Å². The fourth-order valence-electron chi connectivity index (χ4n) is 3.21. The van der Waals surface area contributed by atoms with Crippen molar-refractivity contribution in [2.45, 2.75) is 111 Å². The molecule has 27 heavy (non-hydrogen) atoms. The zero-order valence-corrected chi connectivity index (χ0v) is 21.2. The summed E-state index contributed by atoms with van der Waals surface area (Å²) in [5.41, 5.74) is 0.931. The molecule has 0 bridgehead atoms. The highest BCUT2D eigenvalue weighted by atomic mass is 28.4. The lowest BCUT2D eigenvalue weighted by atomic mass is 10.4. The van der Waals surface area contributed by atoms with Crippen LogP contribution in [0.25, 0.3) is 0 Å². The van der Waals surface area contributed by atoms with E-state index in [1.165, 1.54) is 25.7 Å². The molecule has 0 unspecified atom stereocenters. The van der Waals surface area contributed by atoms with Gasteiger partial charge in [-0.1, -0.05) is 67.2 Å². The summed E-state index contributed by atoms with van der Waals surface area (Å²) in [5.74, 6) is 0. The Hall–Kier alpha value is 0.274. The normalized spacial score (nSPS) is 12.7. The van der Waals surface area contributed by atoms with E-state index in [0.717, 1.165) is 69.9 Å². The molecule has 0 aromatic rings. The third-order valence-corrected chi connectivity index (χ3v) is 14.1. The van der Waals surface area contributed by atoms with Crippen molar-refractivity contribution in [1.29, 1.82) is 0 Å². The zero-order valence-electron chi connectivity index (χ0n) is 19.2. The van der Waals surface area contributed by atoms with E-state index in [1.54, 1.807) is 0 Å². The lowest BCUT2D eigenvalue weighted by Crippen LogP contribution is -2.55. The van der Waals surface area contributed by atoms with E-state index in [1.807, 2.05) is 0 Å². The van der Waals surface area contributed by atoms with Crippen LogP contribution in [-0.2, 0) is 17.7 Å². The maximum absolute atomic E-state index is 6.57. The van der Waals surface area contributed by atoms with Gasteiger partial charge >= 0.3 is 17.1 Å². The van der Waals surface area contributed by atoms with Crippen LogP contribution in [0.5, 0.6) is 0 Å². The molecular formula is C21H48O4Si2. The maximum Gasteiger partial charge on any atom is 0.340 e. The summed E-state index contributed by atoms with van der Waals surface area (Å²) in [7, 11) is -4.66. The molecule has 0 fully saturated rings. The first-order valence-corrected chi connectivity index (χ1v) is 16.1. The quantitative estimate of drug-likeness (QED) is 0.205. The Labute approximate surface area is 172 Å². The first-order chi connectivity index (χ1) is 13.1. The van der Waals surface area contributed by atoms with E-state index in [0.29, 0.717) is 0 Å². The van der Waals surface area contributed by atoms with Gasteiger partial charge in [0.15, 0.2) is 0 Å². The van der Waals surface area contributed by atoms with E-state index in [4.69, 9.17) is 17.7 Å². The molecule has 0 atom stereocenters. The molecule has 164 valence electrons. The zero-order chi connectivity index (χ0) is 20.4. The number of rotatable bonds is 20. The highest BCUT2D eigenvalue weighted by molar-refractivity contribution is 6.86. The molecule has 0 heterocycles. The third kappa shape index (κ3) is 11.8. The van der Waals surface area contributed by atoms with Gasteiger partial charge in [-0.2, -0.15) is 0 Å². The van der Waals surface area contributed by atoms with E-state index >= 15 is 0 Å². The molecule has 4 nitrogen and oxygen atoms in total. The lowest BCUT2D eigenvalue weighted by molar-refractivity contribution is 0.146. The van der Waals surface area contributed by atoms with Gasteiger partial charge in [-0.25, -0.2) is 0 Å². The van der Waals surface area contributed by atoms with Crippen molar-refractivity contribution in [2.75, 3.05) is 26.4 Å². The fraction of sp³-hybridized carbons (Fsp3) is 1.00. The Kier molecular flexibility index (Phi) is 17.3. The summed E-state index contributed by atoms with van der Waals surface area (Å²) in [4.78, 5) is 0. The van der Waals surface area contributed by atoms with Crippen LogP contribution in [0.1, 0.15) is 92.9 Å². The number of unbranched alkanes of at least 4 members (excludes halogenated alkanes) is 2. The predicted octanol–water partition coefficient (Wildman–Crippen LogP) is 6.72. The van der Waals surface area contributed by atoms with Gasteiger partial charge in [0.05, 0.1) is 0 Å². The minimum absolute atomic E-state index is 0.791. The van der Waals surface area contributed by atoms with Crippen molar-refractivity contribution in [1.82, 2.24) is 0 Å². The van der Waals surface area contributed by atoms with Gasteiger partial charge < -0.3 is 17.7 Å². The topological polar surface area (TPSA) is 36.9 Å². The van der Waals surface area contributed by atoms with E-state index in [2.05, 4.69) is 41.5 Å². The summed E-state index contributed by atoms with van der Waals surface area (Å²) in [6.07, 6.45) is 8.82. The molecular weight excluding hydrogens is 372 g/mol. The van der Waals surface area contributed by atoms with Crippen LogP contribution in [0.15, 0.2) is 0 Å². The Morgan fingerprint density at radius 2 is 0.741 bits per heavy atom. The molecule has 0 aromatic heterocycles. The number of hydrogen-bond donors (Lipinski definition) is 0. The second kappa shape index (κ2) is 17.2. The molecule has 0 aliphatic heterocycles. The van der Waals surface area contributed by atoms with Crippen molar-refractivity contribution in [3.8, 4) is 0 Å². The van der Waals surface area contributed by atoms with Crippen LogP contribution in [0, 0.1) is 0 Å². The van der Waals surface area contributed by atoms with Crippen LogP contribution in [0.4, 0.5) is 0 Å². The van der Waals surface area contributed by atoms with Crippen LogP contribution < -0.4 is 0 Å². The Bertz CT molecular complexity index is 256. The van der Waals surface area contributed by atoms with Crippen LogP contribution in [0.3, 0.4) is 0 Å². The van der Waals surface area contributed by atoms with Gasteiger partial charge in [-0.3, -0.25) is 0 Å². The molecule has 0 N–H and O–H groups in total. The second-order valence-corrected chi connectivity index (χ2v) is 14.8. The van der Waals surface area contributed by atoms with Crippen molar-refractivity contribution in [2.24, 2.45) is 0 Å². The SMILES string of the molecule is CCCC[Si](C[Si](CCCC)(OCCC)OCCC)(OCCC)OCCC. The van der Waals surface area contributed by atoms with Crippen LogP contribution >= 0.6 is 0 Å². The summed E-state index contributed by atoms with van der Waals surface area (Å²) in [5, 5.41) is 0. The third-order valence-electron chi connectivity index (χ3n) is 4.64. The van der Waals surface area contributed by atoms with Crippen molar-refractivity contribution >= 4 is 17.1 Å². The average molecular weight is 421 g/mol. The second-order valence-electron chi connectivity index (χ2n) is 7.60. The Morgan fingerprint density at radius 3 is 0.963 bits per heavy atom.